The van der Waals surface area contributed by atoms with Gasteiger partial charge in [0.25, 0.3) is 0 Å². The summed E-state index contributed by atoms with van der Waals surface area (Å²) in [5, 5.41) is 9.03. The van der Waals surface area contributed by atoms with E-state index in [1.54, 1.807) is 0 Å². The van der Waals surface area contributed by atoms with Gasteiger partial charge in [-0.25, -0.2) is 8.78 Å². The van der Waals surface area contributed by atoms with Crippen molar-refractivity contribution >= 4 is 0 Å². The summed E-state index contributed by atoms with van der Waals surface area (Å²) in [5.74, 6) is -8.64. The molecule has 1 rings (SSSR count). The van der Waals surface area contributed by atoms with Crippen molar-refractivity contribution < 1.29 is 36.5 Å². The van der Waals surface area contributed by atoms with Gasteiger partial charge in [0.05, 0.1) is 12.7 Å². The Morgan fingerprint density at radius 3 is 2.42 bits per heavy atom. The third-order valence-electron chi connectivity index (χ3n) is 3.10. The third-order valence-corrected chi connectivity index (χ3v) is 3.10. The summed E-state index contributed by atoms with van der Waals surface area (Å²) in [6, 6.07) is 0. The number of ether oxygens (including phenoxy) is 2. The minimum Gasteiger partial charge on any atom is -0.378 e. The molecule has 0 bridgehead atoms. The topological polar surface area (TPSA) is 38.7 Å². The molecule has 19 heavy (non-hydrogen) atoms. The first-order valence-electron chi connectivity index (χ1n) is 5.96. The molecule has 1 saturated heterocycles. The summed E-state index contributed by atoms with van der Waals surface area (Å²) < 4.78 is 72.9. The predicted molar refractivity (Wildman–Crippen MR) is 55.7 cm³/mol. The van der Waals surface area contributed by atoms with Gasteiger partial charge in [-0.3, -0.25) is 0 Å². The van der Waals surface area contributed by atoms with E-state index in [-0.39, 0.29) is 12.5 Å². The van der Waals surface area contributed by atoms with E-state index in [0.717, 1.165) is 6.42 Å². The van der Waals surface area contributed by atoms with Gasteiger partial charge in [-0.2, -0.15) is 13.2 Å². The van der Waals surface area contributed by atoms with Crippen molar-refractivity contribution in [1.29, 1.82) is 0 Å². The van der Waals surface area contributed by atoms with Gasteiger partial charge in [-0.15, -0.1) is 0 Å². The van der Waals surface area contributed by atoms with E-state index in [4.69, 9.17) is 9.84 Å². The fourth-order valence-electron chi connectivity index (χ4n) is 1.68. The molecule has 1 aliphatic heterocycles. The van der Waals surface area contributed by atoms with Crippen LogP contribution in [0, 0.1) is 5.92 Å². The van der Waals surface area contributed by atoms with E-state index in [9.17, 15) is 22.0 Å². The lowest BCUT2D eigenvalue weighted by atomic mass is 10.1. The second-order valence-corrected chi connectivity index (χ2v) is 4.84. The largest absolute Gasteiger partial charge is 0.449 e. The van der Waals surface area contributed by atoms with Crippen LogP contribution >= 0.6 is 0 Å². The van der Waals surface area contributed by atoms with Crippen molar-refractivity contribution in [3.05, 3.63) is 0 Å². The molecule has 3 nitrogen and oxygen atoms in total. The molecule has 1 N–H and O–H groups in total. The Balaban J connectivity index is 2.59. The summed E-state index contributed by atoms with van der Waals surface area (Å²) in [6.07, 6.45) is -7.45. The van der Waals surface area contributed by atoms with Gasteiger partial charge in [0.15, 0.2) is 0 Å². The van der Waals surface area contributed by atoms with E-state index < -0.39 is 37.0 Å². The number of hydrogen-bond donors (Lipinski definition) is 1. The summed E-state index contributed by atoms with van der Waals surface area (Å²) >= 11 is 0. The molecule has 0 radical (unpaired) electrons. The quantitative estimate of drug-likeness (QED) is 0.792. The fourth-order valence-corrected chi connectivity index (χ4v) is 1.68. The normalized spacial score (nSPS) is 32.5. The van der Waals surface area contributed by atoms with E-state index in [0.29, 0.717) is 0 Å². The zero-order valence-corrected chi connectivity index (χ0v) is 10.6. The molecule has 1 fully saturated rings. The van der Waals surface area contributed by atoms with E-state index in [1.807, 2.05) is 13.8 Å². The van der Waals surface area contributed by atoms with Gasteiger partial charge in [-0.05, 0) is 5.92 Å². The molecule has 3 atom stereocenters. The molecule has 0 aromatic carbocycles. The molecule has 0 amide bonds. The van der Waals surface area contributed by atoms with Gasteiger partial charge in [0.1, 0.15) is 0 Å². The summed E-state index contributed by atoms with van der Waals surface area (Å²) in [7, 11) is 0. The third kappa shape index (κ3) is 3.35. The van der Waals surface area contributed by atoms with Crippen molar-refractivity contribution in [2.75, 3.05) is 13.2 Å². The van der Waals surface area contributed by atoms with Gasteiger partial charge in [0, 0.05) is 13.0 Å². The first-order chi connectivity index (χ1) is 8.53. The van der Waals surface area contributed by atoms with Crippen molar-refractivity contribution in [2.45, 2.75) is 50.7 Å². The molecule has 0 spiro atoms. The molecular weight excluding hydrogens is 275 g/mol. The highest BCUT2D eigenvalue weighted by molar-refractivity contribution is 4.99. The van der Waals surface area contributed by atoms with Crippen LogP contribution in [0.1, 0.15) is 26.7 Å². The Morgan fingerprint density at radius 2 is 2.00 bits per heavy atom. The van der Waals surface area contributed by atoms with Crippen LogP contribution in [0.5, 0.6) is 0 Å². The minimum atomic E-state index is -5.55. The number of rotatable bonds is 5. The molecule has 0 aromatic rings. The molecule has 1 aliphatic rings. The van der Waals surface area contributed by atoms with Gasteiger partial charge in [-0.1, -0.05) is 20.3 Å². The zero-order valence-electron chi connectivity index (χ0n) is 10.6. The average molecular weight is 292 g/mol. The molecule has 0 saturated carbocycles. The SMILES string of the molecule is CCC(C)COCC1CC(F)(F)C(O)(C(F)(F)F)O1. The van der Waals surface area contributed by atoms with Gasteiger partial charge >= 0.3 is 17.9 Å². The van der Waals surface area contributed by atoms with Crippen LogP contribution < -0.4 is 0 Å². The first-order valence-corrected chi connectivity index (χ1v) is 5.96. The smallest absolute Gasteiger partial charge is 0.378 e. The second-order valence-electron chi connectivity index (χ2n) is 4.84. The van der Waals surface area contributed by atoms with Crippen LogP contribution in [0.2, 0.25) is 0 Å². The highest BCUT2D eigenvalue weighted by atomic mass is 19.4. The summed E-state index contributed by atoms with van der Waals surface area (Å²) in [4.78, 5) is 0. The number of alkyl halides is 5. The average Bonchev–Trinajstić information content (AvgIpc) is 2.49. The van der Waals surface area contributed by atoms with Crippen LogP contribution in [-0.4, -0.2) is 42.3 Å². The molecule has 1 heterocycles. The number of halogens is 5. The maximum atomic E-state index is 13.2. The van der Waals surface area contributed by atoms with E-state index in [1.165, 1.54) is 0 Å². The van der Waals surface area contributed by atoms with Gasteiger partial charge < -0.3 is 14.6 Å². The van der Waals surface area contributed by atoms with Crippen molar-refractivity contribution in [1.82, 2.24) is 0 Å². The molecule has 114 valence electrons. The van der Waals surface area contributed by atoms with Crippen LogP contribution in [0.25, 0.3) is 0 Å². The fraction of sp³-hybridized carbons (Fsp3) is 1.00. The van der Waals surface area contributed by atoms with Crippen LogP contribution in [0.15, 0.2) is 0 Å². The van der Waals surface area contributed by atoms with Crippen LogP contribution in [-0.2, 0) is 9.47 Å². The predicted octanol–water partition coefficient (Wildman–Crippen LogP) is 2.72. The lowest BCUT2D eigenvalue weighted by molar-refractivity contribution is -0.407. The highest BCUT2D eigenvalue weighted by Gasteiger charge is 2.75. The monoisotopic (exact) mass is 292 g/mol. The number of aliphatic hydroxyl groups is 1. The lowest BCUT2D eigenvalue weighted by Gasteiger charge is -2.29. The first kappa shape index (κ1) is 16.6. The maximum Gasteiger partial charge on any atom is 0.449 e. The zero-order chi connectivity index (χ0) is 14.9. The highest BCUT2D eigenvalue weighted by Crippen LogP contribution is 2.50. The van der Waals surface area contributed by atoms with Crippen LogP contribution in [0.4, 0.5) is 22.0 Å². The van der Waals surface area contributed by atoms with Crippen LogP contribution in [0.3, 0.4) is 0 Å². The Morgan fingerprint density at radius 1 is 1.42 bits per heavy atom. The van der Waals surface area contributed by atoms with Crippen molar-refractivity contribution in [3.63, 3.8) is 0 Å². The molecule has 8 heteroatoms. The Kier molecular flexibility index (Phi) is 4.79. The second kappa shape index (κ2) is 5.49. The molecular formula is C11H17F5O3. The molecule has 0 aromatic heterocycles. The minimum absolute atomic E-state index is 0.170. The maximum absolute atomic E-state index is 13.2. The number of hydrogen-bond acceptors (Lipinski definition) is 3. The molecule has 3 unspecified atom stereocenters. The Bertz CT molecular complexity index is 307. The van der Waals surface area contributed by atoms with Gasteiger partial charge in [0.2, 0.25) is 0 Å². The Hall–Kier alpha value is -0.470. The van der Waals surface area contributed by atoms with E-state index in [2.05, 4.69) is 4.74 Å². The molecule has 0 aliphatic carbocycles. The summed E-state index contributed by atoms with van der Waals surface area (Å²) in [6.45, 7) is 3.59. The van der Waals surface area contributed by atoms with Crippen molar-refractivity contribution in [2.24, 2.45) is 5.92 Å². The van der Waals surface area contributed by atoms with Crippen molar-refractivity contribution in [3.8, 4) is 0 Å². The van der Waals surface area contributed by atoms with E-state index >= 15 is 0 Å². The summed E-state index contributed by atoms with van der Waals surface area (Å²) in [5.41, 5.74) is 0. The standard InChI is InChI=1S/C11H17F5O3/c1-3-7(2)5-18-6-8-4-9(12,13)10(17,19-8)11(14,15)16/h7-8,17H,3-6H2,1-2H3. The lowest BCUT2D eigenvalue weighted by Crippen LogP contribution is -2.56. The Labute approximate surface area is 107 Å².